The highest BCUT2D eigenvalue weighted by Gasteiger charge is 2.42. The minimum atomic E-state index is -0.415. The number of morpholine rings is 1. The third kappa shape index (κ3) is 2.17. The van der Waals surface area contributed by atoms with E-state index >= 15 is 0 Å². The van der Waals surface area contributed by atoms with Crippen molar-refractivity contribution in [3.8, 4) is 0 Å². The number of rotatable bonds is 2. The third-order valence-electron chi connectivity index (χ3n) is 4.42. The first-order valence-electron chi connectivity index (χ1n) is 7.32. The van der Waals surface area contributed by atoms with Gasteiger partial charge in [-0.25, -0.2) is 0 Å². The molecule has 0 radical (unpaired) electrons. The standard InChI is InChI=1S/C16H20N2O3/c1-10-4-5-11(2)14-13(10)15(19)16(20)18(14)12(3)17-6-8-21-9-7-17/h4-5,12H,6-9H2,1-3H3. The van der Waals surface area contributed by atoms with Gasteiger partial charge in [-0.15, -0.1) is 0 Å². The maximum Gasteiger partial charge on any atom is 0.300 e. The molecule has 3 rings (SSSR count). The molecule has 1 amide bonds. The van der Waals surface area contributed by atoms with Crippen LogP contribution in [-0.2, 0) is 9.53 Å². The summed E-state index contributed by atoms with van der Waals surface area (Å²) >= 11 is 0. The fourth-order valence-corrected chi connectivity index (χ4v) is 3.18. The zero-order valence-electron chi connectivity index (χ0n) is 12.7. The topological polar surface area (TPSA) is 49.9 Å². The lowest BCUT2D eigenvalue weighted by molar-refractivity contribution is -0.115. The number of benzene rings is 1. The van der Waals surface area contributed by atoms with Crippen LogP contribution in [0.4, 0.5) is 5.69 Å². The number of carbonyl (C=O) groups is 2. The van der Waals surface area contributed by atoms with Gasteiger partial charge in [0, 0.05) is 13.1 Å². The summed E-state index contributed by atoms with van der Waals surface area (Å²) in [5, 5.41) is 0. The second-order valence-corrected chi connectivity index (χ2v) is 5.71. The van der Waals surface area contributed by atoms with E-state index in [0.29, 0.717) is 18.8 Å². The number of hydrogen-bond acceptors (Lipinski definition) is 4. The van der Waals surface area contributed by atoms with Gasteiger partial charge in [0.2, 0.25) is 0 Å². The van der Waals surface area contributed by atoms with Gasteiger partial charge in [0.05, 0.1) is 30.6 Å². The molecule has 5 heteroatoms. The van der Waals surface area contributed by atoms with Crippen molar-refractivity contribution in [3.63, 3.8) is 0 Å². The summed E-state index contributed by atoms with van der Waals surface area (Å²) in [5.41, 5.74) is 3.18. The molecule has 2 aliphatic heterocycles. The second-order valence-electron chi connectivity index (χ2n) is 5.71. The lowest BCUT2D eigenvalue weighted by atomic mass is 10.0. The van der Waals surface area contributed by atoms with Crippen LogP contribution in [0.15, 0.2) is 12.1 Å². The smallest absolute Gasteiger partial charge is 0.300 e. The summed E-state index contributed by atoms with van der Waals surface area (Å²) in [6, 6.07) is 3.88. The van der Waals surface area contributed by atoms with E-state index in [1.807, 2.05) is 32.9 Å². The first-order chi connectivity index (χ1) is 10.0. The molecule has 1 aromatic rings. The molecule has 1 fully saturated rings. The van der Waals surface area contributed by atoms with E-state index in [2.05, 4.69) is 4.90 Å². The van der Waals surface area contributed by atoms with Crippen LogP contribution in [0.25, 0.3) is 0 Å². The van der Waals surface area contributed by atoms with Crippen molar-refractivity contribution in [3.05, 3.63) is 28.8 Å². The molecule has 2 heterocycles. The molecule has 5 nitrogen and oxygen atoms in total. The fourth-order valence-electron chi connectivity index (χ4n) is 3.18. The minimum absolute atomic E-state index is 0.132. The Balaban J connectivity index is 2.03. The van der Waals surface area contributed by atoms with E-state index in [1.54, 1.807) is 4.90 Å². The lowest BCUT2D eigenvalue weighted by Gasteiger charge is -2.37. The Morgan fingerprint density at radius 2 is 1.71 bits per heavy atom. The predicted molar refractivity (Wildman–Crippen MR) is 79.6 cm³/mol. The Kier molecular flexibility index (Phi) is 3.55. The first-order valence-corrected chi connectivity index (χ1v) is 7.32. The molecule has 0 bridgehead atoms. The number of anilines is 1. The first kappa shape index (κ1) is 14.2. The van der Waals surface area contributed by atoms with Crippen LogP contribution in [-0.4, -0.2) is 49.1 Å². The zero-order valence-corrected chi connectivity index (χ0v) is 12.7. The largest absolute Gasteiger partial charge is 0.379 e. The fraction of sp³-hybridized carbons (Fsp3) is 0.500. The number of ketones is 1. The summed E-state index contributed by atoms with van der Waals surface area (Å²) in [6.45, 7) is 8.70. The Hall–Kier alpha value is -1.72. The van der Waals surface area contributed by atoms with Crippen molar-refractivity contribution < 1.29 is 14.3 Å². The molecule has 1 aromatic carbocycles. The normalized spacial score (nSPS) is 20.8. The maximum absolute atomic E-state index is 12.5. The molecule has 112 valence electrons. The van der Waals surface area contributed by atoms with E-state index in [0.717, 1.165) is 29.9 Å². The number of ether oxygens (including phenoxy) is 1. The van der Waals surface area contributed by atoms with Gasteiger partial charge in [0.1, 0.15) is 0 Å². The SMILES string of the molecule is Cc1ccc(C)c2c1C(=O)C(=O)N2C(C)N1CCOCC1. The second kappa shape index (κ2) is 5.24. The number of aryl methyl sites for hydroxylation is 2. The van der Waals surface area contributed by atoms with Gasteiger partial charge in [-0.3, -0.25) is 19.4 Å². The molecule has 0 spiro atoms. The Bertz CT molecular complexity index is 606. The molecule has 0 aromatic heterocycles. The number of amides is 1. The molecule has 21 heavy (non-hydrogen) atoms. The summed E-state index contributed by atoms with van der Waals surface area (Å²) in [5.74, 6) is -0.798. The van der Waals surface area contributed by atoms with Crippen LogP contribution < -0.4 is 4.90 Å². The highest BCUT2D eigenvalue weighted by atomic mass is 16.5. The molecule has 2 aliphatic rings. The van der Waals surface area contributed by atoms with Gasteiger partial charge in [-0.2, -0.15) is 0 Å². The van der Waals surface area contributed by atoms with Crippen molar-refractivity contribution in [1.29, 1.82) is 0 Å². The molecular formula is C16H20N2O3. The van der Waals surface area contributed by atoms with Crippen molar-refractivity contribution in [2.24, 2.45) is 0 Å². The van der Waals surface area contributed by atoms with Gasteiger partial charge in [-0.1, -0.05) is 12.1 Å². The quantitative estimate of drug-likeness (QED) is 0.774. The van der Waals surface area contributed by atoms with Gasteiger partial charge in [0.25, 0.3) is 5.78 Å². The van der Waals surface area contributed by atoms with E-state index in [4.69, 9.17) is 4.74 Å². The van der Waals surface area contributed by atoms with Crippen molar-refractivity contribution >= 4 is 17.4 Å². The summed E-state index contributed by atoms with van der Waals surface area (Å²) in [4.78, 5) is 28.6. The zero-order chi connectivity index (χ0) is 15.1. The van der Waals surface area contributed by atoms with Gasteiger partial charge in [0.15, 0.2) is 0 Å². The third-order valence-corrected chi connectivity index (χ3v) is 4.42. The average Bonchev–Trinajstić information content (AvgIpc) is 2.77. The number of Topliss-reactive ketones (excluding diaryl/α,β-unsaturated/α-hetero) is 1. The highest BCUT2D eigenvalue weighted by molar-refractivity contribution is 6.52. The maximum atomic E-state index is 12.5. The number of fused-ring (bicyclic) bond motifs is 1. The van der Waals surface area contributed by atoms with Crippen LogP contribution in [0.1, 0.15) is 28.4 Å². The van der Waals surface area contributed by atoms with Gasteiger partial charge in [-0.05, 0) is 31.9 Å². The van der Waals surface area contributed by atoms with Crippen molar-refractivity contribution in [1.82, 2.24) is 4.90 Å². The Morgan fingerprint density at radius 1 is 1.10 bits per heavy atom. The van der Waals surface area contributed by atoms with Crippen LogP contribution in [0.5, 0.6) is 0 Å². The number of hydrogen-bond donors (Lipinski definition) is 0. The van der Waals surface area contributed by atoms with Crippen LogP contribution in [0.2, 0.25) is 0 Å². The van der Waals surface area contributed by atoms with E-state index in [9.17, 15) is 9.59 Å². The van der Waals surface area contributed by atoms with Gasteiger partial charge >= 0.3 is 5.91 Å². The monoisotopic (exact) mass is 288 g/mol. The van der Waals surface area contributed by atoms with Crippen molar-refractivity contribution in [2.75, 3.05) is 31.2 Å². The Labute approximate surface area is 124 Å². The Morgan fingerprint density at radius 3 is 2.38 bits per heavy atom. The van der Waals surface area contributed by atoms with E-state index in [1.165, 1.54) is 0 Å². The van der Waals surface area contributed by atoms with E-state index < -0.39 is 5.91 Å². The average molecular weight is 288 g/mol. The van der Waals surface area contributed by atoms with Gasteiger partial charge < -0.3 is 4.74 Å². The van der Waals surface area contributed by atoms with E-state index in [-0.39, 0.29) is 11.9 Å². The lowest BCUT2D eigenvalue weighted by Crippen LogP contribution is -2.52. The number of carbonyl (C=O) groups excluding carboxylic acids is 2. The molecule has 1 saturated heterocycles. The van der Waals surface area contributed by atoms with Crippen LogP contribution in [0.3, 0.4) is 0 Å². The molecular weight excluding hydrogens is 268 g/mol. The summed E-state index contributed by atoms with van der Waals surface area (Å²) in [6.07, 6.45) is -0.132. The molecule has 0 aliphatic carbocycles. The molecule has 1 unspecified atom stereocenters. The summed E-state index contributed by atoms with van der Waals surface area (Å²) < 4.78 is 5.36. The number of nitrogens with zero attached hydrogens (tertiary/aromatic N) is 2. The van der Waals surface area contributed by atoms with Crippen molar-refractivity contribution in [2.45, 2.75) is 26.9 Å². The molecule has 0 N–H and O–H groups in total. The highest BCUT2D eigenvalue weighted by Crippen LogP contribution is 2.36. The molecule has 1 atom stereocenters. The molecule has 0 saturated carbocycles. The predicted octanol–water partition coefficient (Wildman–Crippen LogP) is 1.51. The minimum Gasteiger partial charge on any atom is -0.379 e. The summed E-state index contributed by atoms with van der Waals surface area (Å²) in [7, 11) is 0. The van der Waals surface area contributed by atoms with Crippen LogP contribution in [0, 0.1) is 13.8 Å². The van der Waals surface area contributed by atoms with Crippen LogP contribution >= 0.6 is 0 Å².